The Bertz CT molecular complexity index is 545. The van der Waals surface area contributed by atoms with Gasteiger partial charge in [0, 0.05) is 18.5 Å². The van der Waals surface area contributed by atoms with Gasteiger partial charge in [-0.15, -0.1) is 0 Å². The van der Waals surface area contributed by atoms with Gasteiger partial charge in [-0.05, 0) is 32.5 Å². The number of nitrogens with two attached hydrogens (primary N) is 2. The van der Waals surface area contributed by atoms with Crippen LogP contribution in [0.15, 0.2) is 46.8 Å². The third-order valence-corrected chi connectivity index (χ3v) is 4.06. The topological polar surface area (TPSA) is 79.7 Å². The largest absolute Gasteiger partial charge is 0.399 e. The van der Waals surface area contributed by atoms with Crippen molar-refractivity contribution >= 4 is 5.84 Å². The number of aliphatic imine (C=N–C) groups is 1. The summed E-state index contributed by atoms with van der Waals surface area (Å²) in [5, 5.41) is 3.47. The van der Waals surface area contributed by atoms with E-state index in [1.54, 1.807) is 6.92 Å². The summed E-state index contributed by atoms with van der Waals surface area (Å²) in [6.07, 6.45) is 1.09. The summed E-state index contributed by atoms with van der Waals surface area (Å²) < 4.78 is 0. The highest BCUT2D eigenvalue weighted by Crippen LogP contribution is 2.23. The number of likely N-dealkylation sites (tertiary alicyclic amines) is 1. The maximum Gasteiger partial charge on any atom is 0.147 e. The van der Waals surface area contributed by atoms with E-state index in [0.717, 1.165) is 25.2 Å². The Balaban J connectivity index is 2.24. The Morgan fingerprint density at radius 2 is 2.00 bits per heavy atom. The predicted molar refractivity (Wildman–Crippen MR) is 92.4 cm³/mol. The summed E-state index contributed by atoms with van der Waals surface area (Å²) in [5.41, 5.74) is 14.1. The van der Waals surface area contributed by atoms with Crippen molar-refractivity contribution < 1.29 is 0 Å². The Kier molecular flexibility index (Phi) is 5.44. The molecule has 2 rings (SSSR count). The lowest BCUT2D eigenvalue weighted by Gasteiger charge is -2.20. The molecule has 0 aliphatic carbocycles. The van der Waals surface area contributed by atoms with Crippen LogP contribution in [-0.2, 0) is 0 Å². The maximum absolute atomic E-state index is 6.40. The molecule has 5 N–H and O–H groups in total. The van der Waals surface area contributed by atoms with Crippen molar-refractivity contribution in [2.75, 3.05) is 20.1 Å². The van der Waals surface area contributed by atoms with Crippen LogP contribution >= 0.6 is 0 Å². The lowest BCUT2D eigenvalue weighted by molar-refractivity contribution is 0.403. The zero-order valence-electron chi connectivity index (χ0n) is 13.7. The fourth-order valence-corrected chi connectivity index (χ4v) is 2.73. The first-order valence-corrected chi connectivity index (χ1v) is 7.77. The SMILES string of the molecule is C/C(N)=N/C(N[C@@H]1CCN(C)C1)=C(\N)[C@H](C)c1ccccc1. The van der Waals surface area contributed by atoms with Crippen molar-refractivity contribution in [2.24, 2.45) is 16.5 Å². The first-order valence-electron chi connectivity index (χ1n) is 7.77. The van der Waals surface area contributed by atoms with Gasteiger partial charge >= 0.3 is 0 Å². The number of benzene rings is 1. The second-order valence-corrected chi connectivity index (χ2v) is 6.08. The molecular formula is C17H27N5. The molecule has 120 valence electrons. The van der Waals surface area contributed by atoms with Gasteiger partial charge in [0.05, 0.1) is 11.5 Å². The standard InChI is InChI=1S/C17H27N5/c1-12(14-7-5-4-6-8-14)16(19)17(20-13(2)18)21-15-9-10-22(3)11-15/h4-8,12,15,21H,9-11,19H2,1-3H3,(H2,18,20)/b17-16+/t12-,15-/m1/s1. The van der Waals surface area contributed by atoms with E-state index in [1.165, 1.54) is 5.56 Å². The van der Waals surface area contributed by atoms with Crippen LogP contribution in [-0.4, -0.2) is 36.9 Å². The summed E-state index contributed by atoms with van der Waals surface area (Å²) in [5.74, 6) is 1.31. The van der Waals surface area contributed by atoms with Gasteiger partial charge in [-0.25, -0.2) is 4.99 Å². The molecule has 0 saturated carbocycles. The Morgan fingerprint density at radius 1 is 1.32 bits per heavy atom. The molecule has 1 saturated heterocycles. The maximum atomic E-state index is 6.40. The van der Waals surface area contributed by atoms with Gasteiger partial charge in [-0.2, -0.15) is 0 Å². The molecular weight excluding hydrogens is 274 g/mol. The van der Waals surface area contributed by atoms with E-state index in [4.69, 9.17) is 11.5 Å². The van der Waals surface area contributed by atoms with Crippen LogP contribution in [0.25, 0.3) is 0 Å². The van der Waals surface area contributed by atoms with Crippen LogP contribution in [0.3, 0.4) is 0 Å². The number of likely N-dealkylation sites (N-methyl/N-ethyl adjacent to an activating group) is 1. The lowest BCUT2D eigenvalue weighted by Crippen LogP contribution is -2.33. The molecule has 0 amide bonds. The Hall–Kier alpha value is -2.01. The average Bonchev–Trinajstić information content (AvgIpc) is 2.90. The summed E-state index contributed by atoms with van der Waals surface area (Å²) in [7, 11) is 2.12. The predicted octanol–water partition coefficient (Wildman–Crippen LogP) is 1.59. The molecule has 1 aliphatic rings. The van der Waals surface area contributed by atoms with Crippen molar-refractivity contribution in [3.63, 3.8) is 0 Å². The molecule has 5 heteroatoms. The van der Waals surface area contributed by atoms with Crippen LogP contribution in [0.4, 0.5) is 0 Å². The van der Waals surface area contributed by atoms with E-state index in [0.29, 0.717) is 17.7 Å². The minimum Gasteiger partial charge on any atom is -0.399 e. The second kappa shape index (κ2) is 7.31. The number of allylic oxidation sites excluding steroid dienone is 1. The van der Waals surface area contributed by atoms with Crippen molar-refractivity contribution in [3.05, 3.63) is 47.4 Å². The zero-order valence-corrected chi connectivity index (χ0v) is 13.7. The summed E-state index contributed by atoms with van der Waals surface area (Å²) in [6.45, 7) is 5.96. The number of amidine groups is 1. The van der Waals surface area contributed by atoms with Gasteiger partial charge in [0.1, 0.15) is 5.82 Å². The number of hydrogen-bond acceptors (Lipinski definition) is 4. The molecule has 0 radical (unpaired) electrons. The molecule has 0 unspecified atom stereocenters. The van der Waals surface area contributed by atoms with Gasteiger partial charge in [0.2, 0.25) is 0 Å². The van der Waals surface area contributed by atoms with Crippen molar-refractivity contribution in [1.82, 2.24) is 10.2 Å². The van der Waals surface area contributed by atoms with Crippen LogP contribution in [0.1, 0.15) is 31.7 Å². The summed E-state index contributed by atoms with van der Waals surface area (Å²) in [4.78, 5) is 6.73. The molecule has 1 aromatic carbocycles. The van der Waals surface area contributed by atoms with Crippen LogP contribution in [0, 0.1) is 0 Å². The molecule has 1 aliphatic heterocycles. The summed E-state index contributed by atoms with van der Waals surface area (Å²) >= 11 is 0. The van der Waals surface area contributed by atoms with E-state index < -0.39 is 0 Å². The normalized spacial score (nSPS) is 22.3. The second-order valence-electron chi connectivity index (χ2n) is 6.08. The minimum atomic E-state index is 0.0888. The van der Waals surface area contributed by atoms with Gasteiger partial charge in [-0.1, -0.05) is 37.3 Å². The quantitative estimate of drug-likeness (QED) is 0.570. The fourth-order valence-electron chi connectivity index (χ4n) is 2.73. The summed E-state index contributed by atoms with van der Waals surface area (Å²) in [6, 6.07) is 10.6. The fraction of sp³-hybridized carbons (Fsp3) is 0.471. The molecule has 1 fully saturated rings. The van der Waals surface area contributed by atoms with Crippen LogP contribution in [0.5, 0.6) is 0 Å². The van der Waals surface area contributed by atoms with E-state index in [-0.39, 0.29) is 5.92 Å². The van der Waals surface area contributed by atoms with Crippen LogP contribution < -0.4 is 16.8 Å². The Morgan fingerprint density at radius 3 is 2.55 bits per heavy atom. The zero-order chi connectivity index (χ0) is 16.1. The molecule has 1 heterocycles. The molecule has 0 spiro atoms. The number of rotatable bonds is 5. The highest BCUT2D eigenvalue weighted by molar-refractivity contribution is 5.78. The Labute approximate surface area is 133 Å². The number of nitrogens with one attached hydrogen (secondary N) is 1. The highest BCUT2D eigenvalue weighted by atomic mass is 15.2. The molecule has 2 atom stereocenters. The first-order chi connectivity index (χ1) is 10.5. The number of hydrogen-bond donors (Lipinski definition) is 3. The smallest absolute Gasteiger partial charge is 0.147 e. The third-order valence-electron chi connectivity index (χ3n) is 4.06. The van der Waals surface area contributed by atoms with Crippen molar-refractivity contribution in [1.29, 1.82) is 0 Å². The van der Waals surface area contributed by atoms with E-state index in [1.807, 2.05) is 18.2 Å². The van der Waals surface area contributed by atoms with E-state index in [9.17, 15) is 0 Å². The molecule has 1 aromatic rings. The van der Waals surface area contributed by atoms with Crippen molar-refractivity contribution in [2.45, 2.75) is 32.2 Å². The molecule has 0 bridgehead atoms. The molecule has 22 heavy (non-hydrogen) atoms. The van der Waals surface area contributed by atoms with Gasteiger partial charge in [0.25, 0.3) is 0 Å². The lowest BCUT2D eigenvalue weighted by atomic mass is 9.98. The third kappa shape index (κ3) is 4.24. The molecule has 5 nitrogen and oxygen atoms in total. The molecule has 0 aromatic heterocycles. The minimum absolute atomic E-state index is 0.0888. The monoisotopic (exact) mass is 301 g/mol. The van der Waals surface area contributed by atoms with Crippen LogP contribution in [0.2, 0.25) is 0 Å². The van der Waals surface area contributed by atoms with Gasteiger partial charge < -0.3 is 21.7 Å². The number of nitrogens with zero attached hydrogens (tertiary/aromatic N) is 2. The first kappa shape index (κ1) is 16.4. The highest BCUT2D eigenvalue weighted by Gasteiger charge is 2.22. The van der Waals surface area contributed by atoms with Gasteiger partial charge in [-0.3, -0.25) is 0 Å². The van der Waals surface area contributed by atoms with Gasteiger partial charge in [0.15, 0.2) is 0 Å². The van der Waals surface area contributed by atoms with E-state index in [2.05, 4.69) is 41.3 Å². The average molecular weight is 301 g/mol. The van der Waals surface area contributed by atoms with Crippen molar-refractivity contribution in [3.8, 4) is 0 Å². The van der Waals surface area contributed by atoms with E-state index >= 15 is 0 Å².